The molecule has 0 bridgehead atoms. The van der Waals surface area contributed by atoms with E-state index in [1.165, 1.54) is 0 Å². The van der Waals surface area contributed by atoms with Gasteiger partial charge in [0.25, 0.3) is 0 Å². The first-order chi connectivity index (χ1) is 12.1. The maximum atomic E-state index is 12.0. The third-order valence-electron chi connectivity index (χ3n) is 4.39. The SMILES string of the molecule is CN(C)C(=O)CN1CCC[C@@H](c2nccnc2Nc2ccccn2)C1. The van der Waals surface area contributed by atoms with Crippen LogP contribution in [0.15, 0.2) is 36.8 Å². The zero-order valence-electron chi connectivity index (χ0n) is 14.7. The van der Waals surface area contributed by atoms with Crippen LogP contribution in [-0.4, -0.2) is 64.4 Å². The van der Waals surface area contributed by atoms with Crippen molar-refractivity contribution in [1.29, 1.82) is 0 Å². The normalized spacial score (nSPS) is 17.9. The van der Waals surface area contributed by atoms with E-state index in [0.29, 0.717) is 6.54 Å². The third kappa shape index (κ3) is 4.51. The van der Waals surface area contributed by atoms with Gasteiger partial charge >= 0.3 is 0 Å². The predicted molar refractivity (Wildman–Crippen MR) is 96.7 cm³/mol. The largest absolute Gasteiger partial charge is 0.348 e. The van der Waals surface area contributed by atoms with E-state index in [4.69, 9.17) is 0 Å². The fraction of sp³-hybridized carbons (Fsp3) is 0.444. The molecule has 0 spiro atoms. The van der Waals surface area contributed by atoms with Crippen LogP contribution in [0.1, 0.15) is 24.5 Å². The van der Waals surface area contributed by atoms with Crippen LogP contribution >= 0.6 is 0 Å². The molecule has 1 aliphatic rings. The third-order valence-corrected chi connectivity index (χ3v) is 4.39. The molecule has 1 fully saturated rings. The van der Waals surface area contributed by atoms with E-state index >= 15 is 0 Å². The van der Waals surface area contributed by atoms with Gasteiger partial charge in [-0.2, -0.15) is 0 Å². The number of carbonyl (C=O) groups excluding carboxylic acids is 1. The van der Waals surface area contributed by atoms with Gasteiger partial charge in [-0.15, -0.1) is 0 Å². The van der Waals surface area contributed by atoms with Crippen molar-refractivity contribution in [2.75, 3.05) is 39.0 Å². The van der Waals surface area contributed by atoms with Gasteiger partial charge in [-0.05, 0) is 31.5 Å². The van der Waals surface area contributed by atoms with Gasteiger partial charge in [0, 0.05) is 45.1 Å². The standard InChI is InChI=1S/C18H24N6O/c1-23(2)16(25)13-24-11-5-6-14(12-24)17-18(21-10-9-20-17)22-15-7-3-4-8-19-15/h3-4,7-10,14H,5-6,11-13H2,1-2H3,(H,19,21,22)/t14-/m1/s1. The van der Waals surface area contributed by atoms with E-state index in [1.54, 1.807) is 37.6 Å². The number of anilines is 2. The molecule has 1 atom stereocenters. The van der Waals surface area contributed by atoms with Crippen LogP contribution in [0, 0.1) is 0 Å². The monoisotopic (exact) mass is 340 g/mol. The van der Waals surface area contributed by atoms with E-state index in [-0.39, 0.29) is 11.8 Å². The summed E-state index contributed by atoms with van der Waals surface area (Å²) in [5.74, 6) is 1.88. The average molecular weight is 340 g/mol. The number of pyridine rings is 1. The van der Waals surface area contributed by atoms with Crippen molar-refractivity contribution in [2.45, 2.75) is 18.8 Å². The molecule has 3 heterocycles. The number of nitrogens with one attached hydrogen (secondary N) is 1. The molecule has 25 heavy (non-hydrogen) atoms. The molecule has 1 amide bonds. The molecule has 7 heteroatoms. The zero-order valence-corrected chi connectivity index (χ0v) is 14.7. The molecule has 2 aromatic heterocycles. The van der Waals surface area contributed by atoms with E-state index in [0.717, 1.165) is 43.3 Å². The fourth-order valence-corrected chi connectivity index (χ4v) is 3.06. The van der Waals surface area contributed by atoms with Crippen LogP contribution in [0.2, 0.25) is 0 Å². The van der Waals surface area contributed by atoms with E-state index in [2.05, 4.69) is 25.2 Å². The highest BCUT2D eigenvalue weighted by Gasteiger charge is 2.26. The first-order valence-electron chi connectivity index (χ1n) is 8.55. The van der Waals surface area contributed by atoms with Crippen LogP contribution < -0.4 is 5.32 Å². The second kappa shape index (κ2) is 8.02. The predicted octanol–water partition coefficient (Wildman–Crippen LogP) is 1.88. The number of likely N-dealkylation sites (tertiary alicyclic amines) is 1. The molecular formula is C18H24N6O. The van der Waals surface area contributed by atoms with Crippen molar-refractivity contribution < 1.29 is 4.79 Å². The smallest absolute Gasteiger partial charge is 0.236 e. The maximum absolute atomic E-state index is 12.0. The van der Waals surface area contributed by atoms with Gasteiger partial charge in [-0.3, -0.25) is 14.7 Å². The Kier molecular flexibility index (Phi) is 5.55. The average Bonchev–Trinajstić information content (AvgIpc) is 2.63. The molecule has 0 saturated carbocycles. The maximum Gasteiger partial charge on any atom is 0.236 e. The molecule has 1 saturated heterocycles. The molecule has 7 nitrogen and oxygen atoms in total. The second-order valence-corrected chi connectivity index (χ2v) is 6.49. The Balaban J connectivity index is 1.74. The van der Waals surface area contributed by atoms with Crippen molar-refractivity contribution in [2.24, 2.45) is 0 Å². The highest BCUT2D eigenvalue weighted by Crippen LogP contribution is 2.30. The Labute approximate surface area is 148 Å². The van der Waals surface area contributed by atoms with Crippen LogP contribution in [0.3, 0.4) is 0 Å². The van der Waals surface area contributed by atoms with E-state index in [9.17, 15) is 4.79 Å². The molecule has 0 unspecified atom stereocenters. The molecule has 0 aliphatic carbocycles. The number of likely N-dealkylation sites (N-methyl/N-ethyl adjacent to an activating group) is 1. The van der Waals surface area contributed by atoms with E-state index < -0.39 is 0 Å². The summed E-state index contributed by atoms with van der Waals surface area (Å²) in [5.41, 5.74) is 0.940. The number of carbonyl (C=O) groups is 1. The first-order valence-corrected chi connectivity index (χ1v) is 8.55. The van der Waals surface area contributed by atoms with Gasteiger partial charge in [0.1, 0.15) is 5.82 Å². The molecule has 0 radical (unpaired) electrons. The minimum atomic E-state index is 0.131. The topological polar surface area (TPSA) is 74.2 Å². The van der Waals surface area contributed by atoms with E-state index in [1.807, 2.05) is 18.2 Å². The second-order valence-electron chi connectivity index (χ2n) is 6.49. The number of amides is 1. The summed E-state index contributed by atoms with van der Waals surface area (Å²) in [6, 6.07) is 5.71. The van der Waals surface area contributed by atoms with Crippen LogP contribution in [0.5, 0.6) is 0 Å². The van der Waals surface area contributed by atoms with Crippen molar-refractivity contribution >= 4 is 17.5 Å². The van der Waals surface area contributed by atoms with Crippen molar-refractivity contribution in [3.8, 4) is 0 Å². The summed E-state index contributed by atoms with van der Waals surface area (Å²) in [7, 11) is 3.59. The number of nitrogens with zero attached hydrogens (tertiary/aromatic N) is 5. The van der Waals surface area contributed by atoms with Crippen molar-refractivity contribution in [3.05, 3.63) is 42.5 Å². The summed E-state index contributed by atoms with van der Waals surface area (Å²) in [4.78, 5) is 29.2. The highest BCUT2D eigenvalue weighted by molar-refractivity contribution is 5.77. The molecule has 3 rings (SSSR count). The van der Waals surface area contributed by atoms with Gasteiger partial charge in [-0.25, -0.2) is 9.97 Å². The number of aromatic nitrogens is 3. The lowest BCUT2D eigenvalue weighted by molar-refractivity contribution is -0.130. The lowest BCUT2D eigenvalue weighted by atomic mass is 9.94. The summed E-state index contributed by atoms with van der Waals surface area (Å²) >= 11 is 0. The zero-order chi connectivity index (χ0) is 17.6. The first kappa shape index (κ1) is 17.3. The van der Waals surface area contributed by atoms with Crippen LogP contribution in [-0.2, 0) is 4.79 Å². The molecule has 0 aromatic carbocycles. The molecule has 132 valence electrons. The Morgan fingerprint density at radius 2 is 2.08 bits per heavy atom. The lowest BCUT2D eigenvalue weighted by Crippen LogP contribution is -2.41. The molecular weight excluding hydrogens is 316 g/mol. The van der Waals surface area contributed by atoms with Crippen molar-refractivity contribution in [3.63, 3.8) is 0 Å². The molecule has 1 N–H and O–H groups in total. The number of hydrogen-bond acceptors (Lipinski definition) is 6. The highest BCUT2D eigenvalue weighted by atomic mass is 16.2. The summed E-state index contributed by atoms with van der Waals surface area (Å²) < 4.78 is 0. The van der Waals surface area contributed by atoms with Crippen LogP contribution in [0.25, 0.3) is 0 Å². The molecule has 2 aromatic rings. The number of rotatable bonds is 5. The van der Waals surface area contributed by atoms with Gasteiger partial charge in [0.15, 0.2) is 5.82 Å². The van der Waals surface area contributed by atoms with Gasteiger partial charge < -0.3 is 10.2 Å². The Hall–Kier alpha value is -2.54. The Morgan fingerprint density at radius 3 is 2.84 bits per heavy atom. The minimum absolute atomic E-state index is 0.131. The lowest BCUT2D eigenvalue weighted by Gasteiger charge is -2.33. The quantitative estimate of drug-likeness (QED) is 0.896. The fourth-order valence-electron chi connectivity index (χ4n) is 3.06. The number of piperidine rings is 1. The Morgan fingerprint density at radius 1 is 1.24 bits per heavy atom. The van der Waals surface area contributed by atoms with Gasteiger partial charge in [0.05, 0.1) is 12.2 Å². The van der Waals surface area contributed by atoms with Gasteiger partial charge in [0.2, 0.25) is 5.91 Å². The number of hydrogen-bond donors (Lipinski definition) is 1. The van der Waals surface area contributed by atoms with Crippen LogP contribution in [0.4, 0.5) is 11.6 Å². The van der Waals surface area contributed by atoms with Crippen molar-refractivity contribution in [1.82, 2.24) is 24.8 Å². The minimum Gasteiger partial charge on any atom is -0.348 e. The summed E-state index contributed by atoms with van der Waals surface area (Å²) in [6.07, 6.45) is 7.24. The summed E-state index contributed by atoms with van der Waals surface area (Å²) in [6.45, 7) is 2.21. The Bertz CT molecular complexity index is 706. The van der Waals surface area contributed by atoms with Gasteiger partial charge in [-0.1, -0.05) is 6.07 Å². The summed E-state index contributed by atoms with van der Waals surface area (Å²) in [5, 5.41) is 3.27. The molecule has 1 aliphatic heterocycles.